The van der Waals surface area contributed by atoms with Crippen LogP contribution in [0.3, 0.4) is 0 Å². The minimum absolute atomic E-state index is 0.661. The Kier molecular flexibility index (Phi) is 3.74. The fourth-order valence-electron chi connectivity index (χ4n) is 1.31. The van der Waals surface area contributed by atoms with Crippen molar-refractivity contribution < 1.29 is 9.57 Å². The highest BCUT2D eigenvalue weighted by Gasteiger charge is 2.11. The van der Waals surface area contributed by atoms with Gasteiger partial charge in [0.25, 0.3) is 0 Å². The standard InChI is InChI=1S/C11H18NO/c1-4-13-12-8-6-5-7-11(12)9-10(2)3/h5-8,10H,4,9H2,1-3H3/q+1. The molecule has 1 aromatic heterocycles. The maximum atomic E-state index is 5.45. The summed E-state index contributed by atoms with van der Waals surface area (Å²) < 4.78 is 1.86. The summed E-state index contributed by atoms with van der Waals surface area (Å²) in [6, 6.07) is 6.14. The number of nitrogens with zero attached hydrogens (tertiary/aromatic N) is 1. The molecule has 0 fully saturated rings. The van der Waals surface area contributed by atoms with E-state index in [9.17, 15) is 0 Å². The van der Waals surface area contributed by atoms with Crippen molar-refractivity contribution in [2.24, 2.45) is 5.92 Å². The first-order chi connectivity index (χ1) is 6.24. The van der Waals surface area contributed by atoms with Crippen LogP contribution >= 0.6 is 0 Å². The molecule has 1 aromatic rings. The van der Waals surface area contributed by atoms with Crippen molar-refractivity contribution in [2.75, 3.05) is 6.61 Å². The summed E-state index contributed by atoms with van der Waals surface area (Å²) in [4.78, 5) is 5.45. The van der Waals surface area contributed by atoms with E-state index in [1.807, 2.05) is 30.0 Å². The second-order valence-electron chi connectivity index (χ2n) is 3.53. The summed E-state index contributed by atoms with van der Waals surface area (Å²) >= 11 is 0. The third-order valence-corrected chi connectivity index (χ3v) is 1.79. The third kappa shape index (κ3) is 3.05. The molecule has 13 heavy (non-hydrogen) atoms. The molecule has 0 saturated heterocycles. The van der Waals surface area contributed by atoms with Crippen molar-refractivity contribution in [2.45, 2.75) is 27.2 Å². The van der Waals surface area contributed by atoms with Crippen LogP contribution in [0.2, 0.25) is 0 Å². The molecule has 1 heterocycles. The topological polar surface area (TPSA) is 13.1 Å². The minimum Gasteiger partial charge on any atom is -0.271 e. The van der Waals surface area contributed by atoms with E-state index in [1.54, 1.807) is 0 Å². The molecule has 0 amide bonds. The first kappa shape index (κ1) is 10.0. The number of hydrogen-bond acceptors (Lipinski definition) is 1. The molecule has 0 aliphatic heterocycles. The highest BCUT2D eigenvalue weighted by atomic mass is 16.7. The number of rotatable bonds is 4. The Labute approximate surface area is 80.1 Å². The second-order valence-corrected chi connectivity index (χ2v) is 3.53. The quantitative estimate of drug-likeness (QED) is 0.642. The lowest BCUT2D eigenvalue weighted by Gasteiger charge is -2.03. The van der Waals surface area contributed by atoms with Gasteiger partial charge in [-0.3, -0.25) is 4.84 Å². The second kappa shape index (κ2) is 4.85. The Morgan fingerprint density at radius 2 is 2.15 bits per heavy atom. The molecule has 72 valence electrons. The van der Waals surface area contributed by atoms with Gasteiger partial charge in [0.15, 0.2) is 6.61 Å². The molecule has 2 nitrogen and oxygen atoms in total. The van der Waals surface area contributed by atoms with E-state index >= 15 is 0 Å². The summed E-state index contributed by atoms with van der Waals surface area (Å²) in [5, 5.41) is 0. The number of hydrogen-bond donors (Lipinski definition) is 0. The van der Waals surface area contributed by atoms with Crippen LogP contribution in [-0.4, -0.2) is 6.61 Å². The van der Waals surface area contributed by atoms with Crippen LogP contribution < -0.4 is 9.57 Å². The van der Waals surface area contributed by atoms with E-state index in [0.29, 0.717) is 12.5 Å². The molecular formula is C11H18NO+. The maximum absolute atomic E-state index is 5.45. The SMILES string of the molecule is CCO[n+]1ccccc1CC(C)C. The van der Waals surface area contributed by atoms with Gasteiger partial charge >= 0.3 is 0 Å². The summed E-state index contributed by atoms with van der Waals surface area (Å²) in [6.07, 6.45) is 3.02. The van der Waals surface area contributed by atoms with Gasteiger partial charge in [0.05, 0.1) is 0 Å². The first-order valence-corrected chi connectivity index (χ1v) is 4.87. The number of pyridine rings is 1. The Balaban J connectivity index is 2.78. The molecule has 0 saturated carbocycles. The number of aromatic nitrogens is 1. The van der Waals surface area contributed by atoms with Gasteiger partial charge in [-0.2, -0.15) is 0 Å². The molecule has 0 aliphatic rings. The van der Waals surface area contributed by atoms with Gasteiger partial charge in [-0.1, -0.05) is 13.8 Å². The molecule has 1 rings (SSSR count). The predicted octanol–water partition coefficient (Wildman–Crippen LogP) is 1.62. The molecule has 0 aromatic carbocycles. The van der Waals surface area contributed by atoms with Crippen molar-refractivity contribution >= 4 is 0 Å². The molecule has 0 aliphatic carbocycles. The lowest BCUT2D eigenvalue weighted by Crippen LogP contribution is -2.46. The highest BCUT2D eigenvalue weighted by molar-refractivity contribution is 4.97. The average Bonchev–Trinajstić information content (AvgIpc) is 2.08. The largest absolute Gasteiger partial charge is 0.271 e. The molecule has 2 heteroatoms. The first-order valence-electron chi connectivity index (χ1n) is 4.87. The molecule has 0 bridgehead atoms. The van der Waals surface area contributed by atoms with Crippen LogP contribution in [0.25, 0.3) is 0 Å². The van der Waals surface area contributed by atoms with Gasteiger partial charge < -0.3 is 0 Å². The summed E-state index contributed by atoms with van der Waals surface area (Å²) in [5.74, 6) is 0.661. The highest BCUT2D eigenvalue weighted by Crippen LogP contribution is 2.01. The van der Waals surface area contributed by atoms with Gasteiger partial charge in [0.1, 0.15) is 0 Å². The predicted molar refractivity (Wildman–Crippen MR) is 52.3 cm³/mol. The lowest BCUT2D eigenvalue weighted by atomic mass is 10.1. The fraction of sp³-hybridized carbons (Fsp3) is 0.545. The van der Waals surface area contributed by atoms with Gasteiger partial charge in [0.2, 0.25) is 11.9 Å². The lowest BCUT2D eigenvalue weighted by molar-refractivity contribution is -0.895. The third-order valence-electron chi connectivity index (χ3n) is 1.79. The van der Waals surface area contributed by atoms with Crippen molar-refractivity contribution in [3.63, 3.8) is 0 Å². The summed E-state index contributed by atoms with van der Waals surface area (Å²) in [6.45, 7) is 7.13. The Morgan fingerprint density at radius 3 is 2.77 bits per heavy atom. The van der Waals surface area contributed by atoms with Crippen molar-refractivity contribution in [1.82, 2.24) is 0 Å². The van der Waals surface area contributed by atoms with E-state index in [0.717, 1.165) is 6.42 Å². The van der Waals surface area contributed by atoms with Crippen molar-refractivity contribution in [3.8, 4) is 0 Å². The van der Waals surface area contributed by atoms with E-state index in [1.165, 1.54) is 5.69 Å². The van der Waals surface area contributed by atoms with Gasteiger partial charge in [0, 0.05) is 23.3 Å². The van der Waals surface area contributed by atoms with E-state index < -0.39 is 0 Å². The zero-order chi connectivity index (χ0) is 9.68. The zero-order valence-corrected chi connectivity index (χ0v) is 8.66. The van der Waals surface area contributed by atoms with Crippen molar-refractivity contribution in [1.29, 1.82) is 0 Å². The van der Waals surface area contributed by atoms with E-state index in [4.69, 9.17) is 4.84 Å². The van der Waals surface area contributed by atoms with Crippen LogP contribution in [0, 0.1) is 5.92 Å². The molecule has 0 unspecified atom stereocenters. The Morgan fingerprint density at radius 1 is 1.38 bits per heavy atom. The summed E-state index contributed by atoms with van der Waals surface area (Å²) in [7, 11) is 0. The average molecular weight is 180 g/mol. The molecule has 0 atom stereocenters. The van der Waals surface area contributed by atoms with Crippen LogP contribution in [0.4, 0.5) is 0 Å². The van der Waals surface area contributed by atoms with Crippen LogP contribution in [0.1, 0.15) is 26.5 Å². The Bertz CT molecular complexity index is 258. The van der Waals surface area contributed by atoms with Crippen molar-refractivity contribution in [3.05, 3.63) is 30.1 Å². The normalized spacial score (nSPS) is 10.5. The van der Waals surface area contributed by atoms with Gasteiger partial charge in [-0.05, 0) is 18.9 Å². The van der Waals surface area contributed by atoms with Crippen LogP contribution in [0.5, 0.6) is 0 Å². The summed E-state index contributed by atoms with van der Waals surface area (Å²) in [5.41, 5.74) is 1.24. The monoisotopic (exact) mass is 180 g/mol. The Hall–Kier alpha value is -1.05. The molecule has 0 radical (unpaired) electrons. The minimum atomic E-state index is 0.661. The molecule has 0 spiro atoms. The fourth-order valence-corrected chi connectivity index (χ4v) is 1.31. The van der Waals surface area contributed by atoms with Gasteiger partial charge in [-0.25, -0.2) is 0 Å². The van der Waals surface area contributed by atoms with Crippen LogP contribution in [0.15, 0.2) is 24.4 Å². The van der Waals surface area contributed by atoms with E-state index in [2.05, 4.69) is 19.9 Å². The molecule has 0 N–H and O–H groups in total. The van der Waals surface area contributed by atoms with E-state index in [-0.39, 0.29) is 0 Å². The maximum Gasteiger partial charge on any atom is 0.234 e. The zero-order valence-electron chi connectivity index (χ0n) is 8.66. The van der Waals surface area contributed by atoms with Gasteiger partial charge in [-0.15, -0.1) is 0 Å². The smallest absolute Gasteiger partial charge is 0.234 e. The molecular weight excluding hydrogens is 162 g/mol. The van der Waals surface area contributed by atoms with Crippen LogP contribution in [-0.2, 0) is 6.42 Å².